The van der Waals surface area contributed by atoms with E-state index in [4.69, 9.17) is 9.47 Å². The molecule has 1 aliphatic heterocycles. The topological polar surface area (TPSA) is 88.2 Å². The first-order valence-corrected chi connectivity index (χ1v) is 10.3. The highest BCUT2D eigenvalue weighted by molar-refractivity contribution is 5.99. The van der Waals surface area contributed by atoms with Crippen molar-refractivity contribution < 1.29 is 23.9 Å². The number of unbranched alkanes of at least 4 members (excludes halogenated alkanes) is 1. The summed E-state index contributed by atoms with van der Waals surface area (Å²) in [5.74, 6) is 0.0303. The molecule has 1 heterocycles. The average molecular weight is 425 g/mol. The van der Waals surface area contributed by atoms with E-state index in [1.807, 2.05) is 19.1 Å². The SMILES string of the molecule is CCCCOC(=O)c1ccc(NC(=O)CN2CCN(c3ccc(OC)cc3)C2=O)cc1. The van der Waals surface area contributed by atoms with Gasteiger partial charge in [-0.15, -0.1) is 0 Å². The fraction of sp³-hybridized carbons (Fsp3) is 0.348. The number of methoxy groups -OCH3 is 1. The van der Waals surface area contributed by atoms with Gasteiger partial charge in [-0.2, -0.15) is 0 Å². The average Bonchev–Trinajstić information content (AvgIpc) is 3.14. The largest absolute Gasteiger partial charge is 0.497 e. The second-order valence-corrected chi connectivity index (χ2v) is 7.17. The number of carbonyl (C=O) groups excluding carboxylic acids is 3. The number of nitrogens with zero attached hydrogens (tertiary/aromatic N) is 2. The monoisotopic (exact) mass is 425 g/mol. The molecule has 0 aliphatic carbocycles. The normalized spacial score (nSPS) is 13.3. The van der Waals surface area contributed by atoms with Gasteiger partial charge in [-0.1, -0.05) is 13.3 Å². The quantitative estimate of drug-likeness (QED) is 0.490. The first kappa shape index (κ1) is 22.1. The molecular weight excluding hydrogens is 398 g/mol. The Kier molecular flexibility index (Phi) is 7.48. The van der Waals surface area contributed by atoms with Gasteiger partial charge in [0.25, 0.3) is 0 Å². The van der Waals surface area contributed by atoms with Crippen LogP contribution in [-0.2, 0) is 9.53 Å². The van der Waals surface area contributed by atoms with Crippen LogP contribution in [0.5, 0.6) is 5.75 Å². The Morgan fingerprint density at radius 3 is 2.39 bits per heavy atom. The summed E-state index contributed by atoms with van der Waals surface area (Å²) >= 11 is 0. The molecule has 0 spiro atoms. The Hall–Kier alpha value is -3.55. The predicted octanol–water partition coefficient (Wildman–Crippen LogP) is 3.53. The molecule has 8 heteroatoms. The minimum atomic E-state index is -0.382. The number of rotatable bonds is 9. The van der Waals surface area contributed by atoms with E-state index in [1.165, 1.54) is 4.90 Å². The van der Waals surface area contributed by atoms with Crippen LogP contribution in [0.25, 0.3) is 0 Å². The van der Waals surface area contributed by atoms with Crippen molar-refractivity contribution in [3.8, 4) is 5.75 Å². The zero-order valence-corrected chi connectivity index (χ0v) is 17.8. The van der Waals surface area contributed by atoms with Crippen molar-refractivity contribution in [2.75, 3.05) is 43.6 Å². The highest BCUT2D eigenvalue weighted by Gasteiger charge is 2.30. The number of hydrogen-bond donors (Lipinski definition) is 1. The molecule has 1 N–H and O–H groups in total. The number of nitrogens with one attached hydrogen (secondary N) is 1. The third-order valence-corrected chi connectivity index (χ3v) is 4.95. The predicted molar refractivity (Wildman–Crippen MR) is 118 cm³/mol. The standard InChI is InChI=1S/C23H27N3O5/c1-3-4-15-31-22(28)17-5-7-18(8-6-17)24-21(27)16-25-13-14-26(23(25)29)19-9-11-20(30-2)12-10-19/h5-12H,3-4,13-16H2,1-2H3,(H,24,27). The molecule has 2 aromatic carbocycles. The second kappa shape index (κ2) is 10.5. The molecule has 0 unspecified atom stereocenters. The summed E-state index contributed by atoms with van der Waals surface area (Å²) in [6.07, 6.45) is 1.78. The maximum Gasteiger partial charge on any atom is 0.338 e. The van der Waals surface area contributed by atoms with Crippen LogP contribution in [0.4, 0.5) is 16.2 Å². The lowest BCUT2D eigenvalue weighted by Gasteiger charge is -2.18. The summed E-state index contributed by atoms with van der Waals surface area (Å²) in [7, 11) is 1.59. The summed E-state index contributed by atoms with van der Waals surface area (Å²) in [5, 5.41) is 2.76. The molecular formula is C23H27N3O5. The van der Waals surface area contributed by atoms with Gasteiger partial charge in [0.1, 0.15) is 12.3 Å². The molecule has 31 heavy (non-hydrogen) atoms. The number of hydrogen-bond acceptors (Lipinski definition) is 5. The van der Waals surface area contributed by atoms with Crippen molar-refractivity contribution in [2.45, 2.75) is 19.8 Å². The molecule has 0 atom stereocenters. The molecule has 0 aromatic heterocycles. The molecule has 3 rings (SSSR count). The molecule has 0 saturated carbocycles. The fourth-order valence-corrected chi connectivity index (χ4v) is 3.19. The molecule has 3 amide bonds. The zero-order valence-electron chi connectivity index (χ0n) is 17.8. The van der Waals surface area contributed by atoms with E-state index < -0.39 is 0 Å². The van der Waals surface area contributed by atoms with Crippen LogP contribution in [0.1, 0.15) is 30.1 Å². The number of carbonyl (C=O) groups is 3. The maximum atomic E-state index is 12.7. The van der Waals surface area contributed by atoms with Crippen LogP contribution >= 0.6 is 0 Å². The van der Waals surface area contributed by atoms with Gasteiger partial charge in [0, 0.05) is 24.5 Å². The Labute approximate surface area is 181 Å². The first-order valence-electron chi connectivity index (χ1n) is 10.3. The molecule has 2 aromatic rings. The van der Waals surface area contributed by atoms with E-state index >= 15 is 0 Å². The molecule has 0 radical (unpaired) electrons. The molecule has 1 fully saturated rings. The van der Waals surface area contributed by atoms with Gasteiger partial charge >= 0.3 is 12.0 Å². The number of esters is 1. The van der Waals surface area contributed by atoms with Crippen molar-refractivity contribution in [2.24, 2.45) is 0 Å². The summed E-state index contributed by atoms with van der Waals surface area (Å²) in [5.41, 5.74) is 1.74. The molecule has 164 valence electrons. The number of ether oxygens (including phenoxy) is 2. The molecule has 1 saturated heterocycles. The fourth-order valence-electron chi connectivity index (χ4n) is 3.19. The minimum Gasteiger partial charge on any atom is -0.497 e. The third kappa shape index (κ3) is 5.75. The third-order valence-electron chi connectivity index (χ3n) is 4.95. The number of urea groups is 1. The molecule has 8 nitrogen and oxygen atoms in total. The Morgan fingerprint density at radius 1 is 1.03 bits per heavy atom. The molecule has 1 aliphatic rings. The Morgan fingerprint density at radius 2 is 1.74 bits per heavy atom. The van der Waals surface area contributed by atoms with Gasteiger partial charge in [-0.05, 0) is 55.0 Å². The molecule has 0 bridgehead atoms. The highest BCUT2D eigenvalue weighted by atomic mass is 16.5. The van der Waals surface area contributed by atoms with Crippen LogP contribution < -0.4 is 15.0 Å². The number of anilines is 2. The van der Waals surface area contributed by atoms with Crippen molar-refractivity contribution in [3.63, 3.8) is 0 Å². The minimum absolute atomic E-state index is 0.0493. The van der Waals surface area contributed by atoms with E-state index in [0.29, 0.717) is 36.7 Å². The summed E-state index contributed by atoms with van der Waals surface area (Å²) in [6, 6.07) is 13.5. The summed E-state index contributed by atoms with van der Waals surface area (Å²) in [4.78, 5) is 40.1. The van der Waals surface area contributed by atoms with Gasteiger partial charge < -0.3 is 19.7 Å². The van der Waals surface area contributed by atoms with Gasteiger partial charge in [0.15, 0.2) is 0 Å². The van der Waals surface area contributed by atoms with Crippen LogP contribution in [0.3, 0.4) is 0 Å². The van der Waals surface area contributed by atoms with Gasteiger partial charge in [0.2, 0.25) is 5.91 Å². The zero-order chi connectivity index (χ0) is 22.2. The Balaban J connectivity index is 1.51. The van der Waals surface area contributed by atoms with E-state index in [9.17, 15) is 14.4 Å². The van der Waals surface area contributed by atoms with E-state index in [0.717, 1.165) is 18.5 Å². The van der Waals surface area contributed by atoms with Gasteiger partial charge in [-0.3, -0.25) is 9.69 Å². The number of amides is 3. The van der Waals surface area contributed by atoms with Crippen LogP contribution in [0.15, 0.2) is 48.5 Å². The van der Waals surface area contributed by atoms with Crippen LogP contribution in [-0.4, -0.2) is 56.2 Å². The first-order chi connectivity index (χ1) is 15.0. The second-order valence-electron chi connectivity index (χ2n) is 7.17. The lowest BCUT2D eigenvalue weighted by Crippen LogP contribution is -2.37. The Bertz CT molecular complexity index is 912. The summed E-state index contributed by atoms with van der Waals surface area (Å²) < 4.78 is 10.3. The van der Waals surface area contributed by atoms with Gasteiger partial charge in [-0.25, -0.2) is 9.59 Å². The van der Waals surface area contributed by atoms with Crippen molar-refractivity contribution in [1.82, 2.24) is 4.90 Å². The lowest BCUT2D eigenvalue weighted by molar-refractivity contribution is -0.116. The van der Waals surface area contributed by atoms with Crippen molar-refractivity contribution in [3.05, 3.63) is 54.1 Å². The smallest absolute Gasteiger partial charge is 0.338 e. The van der Waals surface area contributed by atoms with Crippen molar-refractivity contribution >= 4 is 29.3 Å². The number of benzene rings is 2. The van der Waals surface area contributed by atoms with Crippen LogP contribution in [0, 0.1) is 0 Å². The van der Waals surface area contributed by atoms with E-state index in [2.05, 4.69) is 5.32 Å². The summed E-state index contributed by atoms with van der Waals surface area (Å²) in [6.45, 7) is 3.34. The highest BCUT2D eigenvalue weighted by Crippen LogP contribution is 2.23. The lowest BCUT2D eigenvalue weighted by atomic mass is 10.2. The van der Waals surface area contributed by atoms with E-state index in [-0.39, 0.29) is 24.5 Å². The van der Waals surface area contributed by atoms with Crippen LogP contribution in [0.2, 0.25) is 0 Å². The van der Waals surface area contributed by atoms with E-state index in [1.54, 1.807) is 48.4 Å². The van der Waals surface area contributed by atoms with Crippen molar-refractivity contribution in [1.29, 1.82) is 0 Å². The maximum absolute atomic E-state index is 12.7. The van der Waals surface area contributed by atoms with Gasteiger partial charge in [0.05, 0.1) is 19.3 Å².